The van der Waals surface area contributed by atoms with Gasteiger partial charge in [-0.2, -0.15) is 5.26 Å². The zero-order valence-corrected chi connectivity index (χ0v) is 13.7. The second-order valence-corrected chi connectivity index (χ2v) is 6.34. The number of benzene rings is 1. The van der Waals surface area contributed by atoms with Crippen LogP contribution in [-0.2, 0) is 9.47 Å². The lowest BCUT2D eigenvalue weighted by Crippen LogP contribution is -2.47. The van der Waals surface area contributed by atoms with Gasteiger partial charge in [0.25, 0.3) is 0 Å². The molecular formula is C18H24N2O3. The van der Waals surface area contributed by atoms with Crippen LogP contribution in [0.5, 0.6) is 5.75 Å². The molecule has 1 atom stereocenters. The van der Waals surface area contributed by atoms with Crippen molar-refractivity contribution < 1.29 is 14.2 Å². The Balaban J connectivity index is 1.47. The van der Waals surface area contributed by atoms with Crippen LogP contribution in [0.25, 0.3) is 0 Å². The predicted octanol–water partition coefficient (Wildman–Crippen LogP) is 2.41. The second kappa shape index (κ2) is 7.31. The van der Waals surface area contributed by atoms with Crippen LogP contribution in [0.1, 0.15) is 25.3 Å². The number of piperidine rings is 1. The summed E-state index contributed by atoms with van der Waals surface area (Å²) in [7, 11) is 0. The van der Waals surface area contributed by atoms with E-state index in [9.17, 15) is 0 Å². The van der Waals surface area contributed by atoms with Gasteiger partial charge in [0.2, 0.25) is 0 Å². The first kappa shape index (κ1) is 16.3. The summed E-state index contributed by atoms with van der Waals surface area (Å²) in [4.78, 5) is 2.42. The van der Waals surface area contributed by atoms with Gasteiger partial charge in [0, 0.05) is 19.0 Å². The lowest BCUT2D eigenvalue weighted by molar-refractivity contribution is -0.192. The van der Waals surface area contributed by atoms with Crippen molar-refractivity contribution in [2.45, 2.75) is 25.6 Å². The Labute approximate surface area is 137 Å². The van der Waals surface area contributed by atoms with Crippen LogP contribution >= 0.6 is 0 Å². The number of hydrogen-bond donors (Lipinski definition) is 0. The van der Waals surface area contributed by atoms with Crippen LogP contribution in [0.4, 0.5) is 0 Å². The smallest absolute Gasteiger partial charge is 0.169 e. The minimum atomic E-state index is -0.416. The second-order valence-electron chi connectivity index (χ2n) is 6.34. The molecule has 3 rings (SSSR count). The molecule has 2 fully saturated rings. The Bertz CT molecular complexity index is 564. The van der Waals surface area contributed by atoms with Crippen molar-refractivity contribution in [3.63, 3.8) is 0 Å². The normalized spacial score (nSPS) is 24.3. The van der Waals surface area contributed by atoms with Gasteiger partial charge < -0.3 is 14.2 Å². The van der Waals surface area contributed by atoms with E-state index in [1.807, 2.05) is 12.1 Å². The van der Waals surface area contributed by atoms with E-state index in [2.05, 4.69) is 17.9 Å². The topological polar surface area (TPSA) is 54.7 Å². The Morgan fingerprint density at radius 2 is 2.22 bits per heavy atom. The van der Waals surface area contributed by atoms with E-state index in [1.54, 1.807) is 12.1 Å². The monoisotopic (exact) mass is 316 g/mol. The highest BCUT2D eigenvalue weighted by Crippen LogP contribution is 2.33. The van der Waals surface area contributed by atoms with Crippen LogP contribution in [0.15, 0.2) is 24.3 Å². The summed E-state index contributed by atoms with van der Waals surface area (Å²) in [6, 6.07) is 9.43. The Hall–Kier alpha value is -1.61. The van der Waals surface area contributed by atoms with Crippen molar-refractivity contribution in [2.75, 3.05) is 39.5 Å². The molecule has 0 N–H and O–H groups in total. The number of nitrogens with zero attached hydrogens (tertiary/aromatic N) is 2. The van der Waals surface area contributed by atoms with Gasteiger partial charge in [-0.1, -0.05) is 6.07 Å². The number of ether oxygens (including phenoxy) is 3. The highest BCUT2D eigenvalue weighted by atomic mass is 16.7. The minimum absolute atomic E-state index is 0.416. The van der Waals surface area contributed by atoms with E-state index >= 15 is 0 Å². The summed E-state index contributed by atoms with van der Waals surface area (Å²) < 4.78 is 17.4. The van der Waals surface area contributed by atoms with Crippen molar-refractivity contribution in [3.05, 3.63) is 29.8 Å². The fraction of sp³-hybridized carbons (Fsp3) is 0.611. The highest BCUT2D eigenvalue weighted by Gasteiger charge is 2.41. The zero-order chi connectivity index (χ0) is 16.1. The lowest BCUT2D eigenvalue weighted by Gasteiger charge is -2.39. The van der Waals surface area contributed by atoms with Crippen LogP contribution in [0.3, 0.4) is 0 Å². The maximum Gasteiger partial charge on any atom is 0.169 e. The molecule has 1 aromatic carbocycles. The molecule has 0 spiro atoms. The molecular weight excluding hydrogens is 292 g/mol. The molecule has 0 amide bonds. The molecule has 1 aromatic rings. The molecule has 0 radical (unpaired) electrons. The maximum absolute atomic E-state index is 8.91. The van der Waals surface area contributed by atoms with Crippen LogP contribution in [-0.4, -0.2) is 50.1 Å². The van der Waals surface area contributed by atoms with Gasteiger partial charge in [-0.05, 0) is 44.5 Å². The number of likely N-dealkylation sites (tertiary alicyclic amines) is 1. The summed E-state index contributed by atoms with van der Waals surface area (Å²) in [5.74, 6) is 0.758. The van der Waals surface area contributed by atoms with Crippen molar-refractivity contribution in [2.24, 2.45) is 5.92 Å². The molecule has 0 bridgehead atoms. The van der Waals surface area contributed by atoms with Crippen molar-refractivity contribution in [1.82, 2.24) is 4.90 Å². The van der Waals surface area contributed by atoms with E-state index in [1.165, 1.54) is 0 Å². The average molecular weight is 316 g/mol. The fourth-order valence-electron chi connectivity index (χ4n) is 3.40. The Morgan fingerprint density at radius 3 is 3.00 bits per heavy atom. The van der Waals surface area contributed by atoms with Gasteiger partial charge in [0.15, 0.2) is 5.79 Å². The third-order valence-corrected chi connectivity index (χ3v) is 4.75. The minimum Gasteiger partial charge on any atom is -0.492 e. The third kappa shape index (κ3) is 4.03. The first-order chi connectivity index (χ1) is 11.2. The van der Waals surface area contributed by atoms with E-state index in [0.29, 0.717) is 31.3 Å². The van der Waals surface area contributed by atoms with E-state index in [0.717, 1.165) is 38.2 Å². The molecule has 2 saturated heterocycles. The molecule has 0 unspecified atom stereocenters. The van der Waals surface area contributed by atoms with Gasteiger partial charge >= 0.3 is 0 Å². The SMILES string of the molecule is CC1([C@H]2CCCN(CCOc3cccc(C#N)c3)C2)OCCO1. The van der Waals surface area contributed by atoms with E-state index in [-0.39, 0.29) is 0 Å². The molecule has 2 aliphatic heterocycles. The molecule has 5 heteroatoms. The summed E-state index contributed by atoms with van der Waals surface area (Å²) >= 11 is 0. The van der Waals surface area contributed by atoms with Crippen LogP contribution in [0.2, 0.25) is 0 Å². The third-order valence-electron chi connectivity index (χ3n) is 4.75. The van der Waals surface area contributed by atoms with Crippen molar-refractivity contribution >= 4 is 0 Å². The first-order valence-electron chi connectivity index (χ1n) is 8.33. The number of hydrogen-bond acceptors (Lipinski definition) is 5. The van der Waals surface area contributed by atoms with E-state index < -0.39 is 5.79 Å². The fourth-order valence-corrected chi connectivity index (χ4v) is 3.40. The largest absolute Gasteiger partial charge is 0.492 e. The molecule has 5 nitrogen and oxygen atoms in total. The molecule has 2 aliphatic rings. The molecule has 0 saturated carbocycles. The summed E-state index contributed by atoms with van der Waals surface area (Å²) in [6.07, 6.45) is 2.31. The summed E-state index contributed by atoms with van der Waals surface area (Å²) in [5, 5.41) is 8.91. The molecule has 2 heterocycles. The van der Waals surface area contributed by atoms with Gasteiger partial charge in [-0.3, -0.25) is 4.90 Å². The molecule has 0 aromatic heterocycles. The molecule has 124 valence electrons. The number of rotatable bonds is 5. The zero-order valence-electron chi connectivity index (χ0n) is 13.7. The lowest BCUT2D eigenvalue weighted by atomic mass is 9.90. The summed E-state index contributed by atoms with van der Waals surface area (Å²) in [6.45, 7) is 7.05. The average Bonchev–Trinajstić information content (AvgIpc) is 3.03. The summed E-state index contributed by atoms with van der Waals surface area (Å²) in [5.41, 5.74) is 0.629. The van der Waals surface area contributed by atoms with Crippen molar-refractivity contribution in [1.29, 1.82) is 5.26 Å². The van der Waals surface area contributed by atoms with Gasteiger partial charge in [-0.25, -0.2) is 0 Å². The Morgan fingerprint density at radius 1 is 1.39 bits per heavy atom. The van der Waals surface area contributed by atoms with Crippen LogP contribution in [0, 0.1) is 17.2 Å². The van der Waals surface area contributed by atoms with Gasteiger partial charge in [0.05, 0.1) is 24.8 Å². The van der Waals surface area contributed by atoms with Crippen LogP contribution < -0.4 is 4.74 Å². The standard InChI is InChI=1S/C18H24N2O3/c1-18(22-10-11-23-18)16-5-3-7-20(14-16)8-9-21-17-6-2-4-15(12-17)13-19/h2,4,6,12,16H,3,5,7-11,14H2,1H3/t16-/m0/s1. The van der Waals surface area contributed by atoms with Crippen molar-refractivity contribution in [3.8, 4) is 11.8 Å². The molecule has 0 aliphatic carbocycles. The number of nitriles is 1. The Kier molecular flexibility index (Phi) is 5.16. The predicted molar refractivity (Wildman–Crippen MR) is 86.1 cm³/mol. The van der Waals surface area contributed by atoms with Gasteiger partial charge in [-0.15, -0.1) is 0 Å². The van der Waals surface area contributed by atoms with Gasteiger partial charge in [0.1, 0.15) is 12.4 Å². The first-order valence-corrected chi connectivity index (χ1v) is 8.33. The van der Waals surface area contributed by atoms with E-state index in [4.69, 9.17) is 19.5 Å². The molecule has 23 heavy (non-hydrogen) atoms. The quantitative estimate of drug-likeness (QED) is 0.835. The maximum atomic E-state index is 8.91. The highest BCUT2D eigenvalue weighted by molar-refractivity contribution is 5.36.